The molecule has 4 nitrogen and oxygen atoms in total. The fraction of sp³-hybridized carbons (Fsp3) is 0.0833. The number of rotatable bonds is 2. The molecule has 2 aromatic rings. The zero-order valence-corrected chi connectivity index (χ0v) is 9.99. The van der Waals surface area contributed by atoms with Gasteiger partial charge >= 0.3 is 0 Å². The van der Waals surface area contributed by atoms with E-state index in [-0.39, 0.29) is 0 Å². The van der Waals surface area contributed by atoms with Crippen LogP contribution in [0.15, 0.2) is 42.5 Å². The van der Waals surface area contributed by atoms with Crippen molar-refractivity contribution in [2.24, 2.45) is 0 Å². The third kappa shape index (κ3) is 2.62. The van der Waals surface area contributed by atoms with Gasteiger partial charge in [0.05, 0.1) is 6.26 Å². The summed E-state index contributed by atoms with van der Waals surface area (Å²) in [4.78, 5) is 11.8. The van der Waals surface area contributed by atoms with Gasteiger partial charge in [0.2, 0.25) is 10.0 Å². The summed E-state index contributed by atoms with van der Waals surface area (Å²) in [6, 6.07) is 12.5. The van der Waals surface area contributed by atoms with E-state index in [9.17, 15) is 13.2 Å². The molecule has 0 spiro atoms. The van der Waals surface area contributed by atoms with E-state index in [2.05, 4.69) is 0 Å². The van der Waals surface area contributed by atoms with Crippen molar-refractivity contribution < 1.29 is 13.2 Å². The van der Waals surface area contributed by atoms with Crippen molar-refractivity contribution in [3.05, 3.63) is 48.0 Å². The second-order valence-corrected chi connectivity index (χ2v) is 5.48. The van der Waals surface area contributed by atoms with Crippen molar-refractivity contribution in [2.45, 2.75) is 0 Å². The van der Waals surface area contributed by atoms with Crippen molar-refractivity contribution in [3.8, 4) is 0 Å². The van der Waals surface area contributed by atoms with E-state index in [4.69, 9.17) is 0 Å². The van der Waals surface area contributed by atoms with Crippen LogP contribution in [-0.4, -0.2) is 20.6 Å². The molecule has 17 heavy (non-hydrogen) atoms. The monoisotopic (exact) mass is 249 g/mol. The molecule has 5 heteroatoms. The second kappa shape index (κ2) is 4.18. The maximum absolute atomic E-state index is 11.8. The van der Waals surface area contributed by atoms with Gasteiger partial charge in [-0.25, -0.2) is 13.1 Å². The molecular weight excluding hydrogens is 238 g/mol. The van der Waals surface area contributed by atoms with Crippen molar-refractivity contribution in [3.63, 3.8) is 0 Å². The number of benzene rings is 2. The summed E-state index contributed by atoms with van der Waals surface area (Å²) in [5.41, 5.74) is 0.355. The molecule has 0 fully saturated rings. The number of carbonyl (C=O) groups excluding carboxylic acids is 1. The SMILES string of the molecule is CS(=O)(=O)NC(=O)c1cccc2ccccc12. The molecule has 0 saturated heterocycles. The van der Waals surface area contributed by atoms with Gasteiger partial charge in [-0.1, -0.05) is 36.4 Å². The molecule has 0 bridgehead atoms. The second-order valence-electron chi connectivity index (χ2n) is 3.73. The predicted molar refractivity (Wildman–Crippen MR) is 66.3 cm³/mol. The predicted octanol–water partition coefficient (Wildman–Crippen LogP) is 1.53. The van der Waals surface area contributed by atoms with Crippen LogP contribution in [-0.2, 0) is 10.0 Å². The van der Waals surface area contributed by atoms with E-state index in [1.807, 2.05) is 22.9 Å². The smallest absolute Gasteiger partial charge is 0.265 e. The van der Waals surface area contributed by atoms with Gasteiger partial charge in [-0.15, -0.1) is 0 Å². The number of nitrogens with one attached hydrogen (secondary N) is 1. The maximum Gasteiger partial charge on any atom is 0.265 e. The standard InChI is InChI=1S/C12H11NO3S/c1-17(15,16)13-12(14)11-8-4-6-9-5-2-3-7-10(9)11/h2-8H,1H3,(H,13,14). The van der Waals surface area contributed by atoms with Crippen LogP contribution in [0.1, 0.15) is 10.4 Å². The Morgan fingerprint density at radius 3 is 2.41 bits per heavy atom. The fourth-order valence-corrected chi connectivity index (χ4v) is 2.09. The Morgan fingerprint density at radius 2 is 1.71 bits per heavy atom. The lowest BCUT2D eigenvalue weighted by molar-refractivity contribution is 0.0983. The summed E-state index contributed by atoms with van der Waals surface area (Å²) in [7, 11) is -3.54. The largest absolute Gasteiger partial charge is 0.268 e. The number of hydrogen-bond donors (Lipinski definition) is 1. The first-order valence-corrected chi connectivity index (χ1v) is 6.86. The van der Waals surface area contributed by atoms with E-state index in [0.29, 0.717) is 5.56 Å². The molecule has 2 rings (SSSR count). The van der Waals surface area contributed by atoms with Crippen LogP contribution in [0.5, 0.6) is 0 Å². The van der Waals surface area contributed by atoms with Gasteiger partial charge in [-0.3, -0.25) is 4.79 Å². The quantitative estimate of drug-likeness (QED) is 0.877. The van der Waals surface area contributed by atoms with Crippen LogP contribution < -0.4 is 4.72 Å². The van der Waals surface area contributed by atoms with Crippen LogP contribution in [0.25, 0.3) is 10.8 Å². The van der Waals surface area contributed by atoms with Crippen LogP contribution in [0.3, 0.4) is 0 Å². The minimum absolute atomic E-state index is 0.355. The first kappa shape index (κ1) is 11.6. The zero-order valence-electron chi connectivity index (χ0n) is 9.17. The Morgan fingerprint density at radius 1 is 1.06 bits per heavy atom. The number of amides is 1. The van der Waals surface area contributed by atoms with Gasteiger partial charge < -0.3 is 0 Å². The lowest BCUT2D eigenvalue weighted by Gasteiger charge is -2.06. The van der Waals surface area contributed by atoms with Crippen molar-refractivity contribution in [1.82, 2.24) is 4.72 Å². The van der Waals surface area contributed by atoms with Crippen molar-refractivity contribution >= 4 is 26.7 Å². The number of fused-ring (bicyclic) bond motifs is 1. The first-order valence-electron chi connectivity index (χ1n) is 4.97. The van der Waals surface area contributed by atoms with Crippen LogP contribution in [0.2, 0.25) is 0 Å². The average molecular weight is 249 g/mol. The van der Waals surface area contributed by atoms with Crippen LogP contribution >= 0.6 is 0 Å². The lowest BCUT2D eigenvalue weighted by Crippen LogP contribution is -2.29. The third-order valence-corrected chi connectivity index (χ3v) is 2.87. The summed E-state index contributed by atoms with van der Waals surface area (Å²) in [6.07, 6.45) is 0.954. The maximum atomic E-state index is 11.8. The Bertz CT molecular complexity index is 672. The Labute approximate surface area is 99.3 Å². The molecular formula is C12H11NO3S. The summed E-state index contributed by atoms with van der Waals surface area (Å²) < 4.78 is 24.0. The average Bonchev–Trinajstić information content (AvgIpc) is 2.26. The molecule has 0 aliphatic rings. The highest BCUT2D eigenvalue weighted by molar-refractivity contribution is 7.89. The highest BCUT2D eigenvalue weighted by Gasteiger charge is 2.13. The van der Waals surface area contributed by atoms with Gasteiger partial charge in [-0.05, 0) is 16.8 Å². The van der Waals surface area contributed by atoms with Crippen molar-refractivity contribution in [1.29, 1.82) is 0 Å². The molecule has 0 unspecified atom stereocenters. The molecule has 2 aromatic carbocycles. The van der Waals surface area contributed by atoms with E-state index < -0.39 is 15.9 Å². The van der Waals surface area contributed by atoms with E-state index in [1.54, 1.807) is 24.3 Å². The molecule has 0 heterocycles. The summed E-state index contributed by atoms with van der Waals surface area (Å²) >= 11 is 0. The van der Waals surface area contributed by atoms with Gasteiger partial charge in [0.25, 0.3) is 5.91 Å². The number of carbonyl (C=O) groups is 1. The van der Waals surface area contributed by atoms with Crippen LogP contribution in [0.4, 0.5) is 0 Å². The zero-order chi connectivity index (χ0) is 12.5. The number of hydrogen-bond acceptors (Lipinski definition) is 3. The molecule has 0 saturated carbocycles. The van der Waals surface area contributed by atoms with Gasteiger partial charge in [0.15, 0.2) is 0 Å². The number of sulfonamides is 1. The highest BCUT2D eigenvalue weighted by atomic mass is 32.2. The van der Waals surface area contributed by atoms with Gasteiger partial charge in [0, 0.05) is 5.56 Å². The lowest BCUT2D eigenvalue weighted by atomic mass is 10.0. The van der Waals surface area contributed by atoms with E-state index >= 15 is 0 Å². The normalized spacial score (nSPS) is 11.4. The molecule has 0 radical (unpaired) electrons. The van der Waals surface area contributed by atoms with Gasteiger partial charge in [-0.2, -0.15) is 0 Å². The molecule has 0 aliphatic carbocycles. The molecule has 0 atom stereocenters. The molecule has 1 N–H and O–H groups in total. The first-order chi connectivity index (χ1) is 7.97. The minimum Gasteiger partial charge on any atom is -0.268 e. The molecule has 0 aliphatic heterocycles. The topological polar surface area (TPSA) is 63.2 Å². The van der Waals surface area contributed by atoms with Crippen LogP contribution in [0, 0.1) is 0 Å². The summed E-state index contributed by atoms with van der Waals surface area (Å²) in [5.74, 6) is -0.607. The van der Waals surface area contributed by atoms with Gasteiger partial charge in [0.1, 0.15) is 0 Å². The van der Waals surface area contributed by atoms with E-state index in [1.165, 1.54) is 0 Å². The third-order valence-electron chi connectivity index (χ3n) is 2.31. The Kier molecular flexibility index (Phi) is 2.85. The minimum atomic E-state index is -3.54. The Balaban J connectivity index is 2.52. The molecule has 1 amide bonds. The summed E-state index contributed by atoms with van der Waals surface area (Å²) in [6.45, 7) is 0. The van der Waals surface area contributed by atoms with E-state index in [0.717, 1.165) is 17.0 Å². The van der Waals surface area contributed by atoms with Crippen molar-refractivity contribution in [2.75, 3.05) is 6.26 Å². The molecule has 0 aromatic heterocycles. The molecule has 88 valence electrons. The highest BCUT2D eigenvalue weighted by Crippen LogP contribution is 2.18. The summed E-state index contributed by atoms with van der Waals surface area (Å²) in [5, 5.41) is 1.63. The Hall–Kier alpha value is -1.88. The fourth-order valence-electron chi connectivity index (χ4n) is 1.65.